The number of ether oxygens (including phenoxy) is 1. The summed E-state index contributed by atoms with van der Waals surface area (Å²) < 4.78 is 20.9. The smallest absolute Gasteiger partial charge is 0.324 e. The number of aromatic nitrogens is 2. The first kappa shape index (κ1) is 21.4. The van der Waals surface area contributed by atoms with Gasteiger partial charge in [0.1, 0.15) is 17.4 Å². The summed E-state index contributed by atoms with van der Waals surface area (Å²) in [4.78, 5) is 12.6. The van der Waals surface area contributed by atoms with E-state index in [1.54, 1.807) is 23.9 Å². The van der Waals surface area contributed by atoms with E-state index in [4.69, 9.17) is 4.74 Å². The molecule has 0 saturated heterocycles. The summed E-state index contributed by atoms with van der Waals surface area (Å²) >= 11 is 0. The first-order valence-corrected chi connectivity index (χ1v) is 9.82. The standard InChI is InChI=1S/C23H27FN4O2/c1-6-15-7-8-16(13-19(15)24)25-22(29)26-21-14-20(23(2,3)4)27-28(21)17-9-11-18(30-5)12-10-17/h7-14H,6H2,1-5H3,(H2,25,26,29). The Bertz CT molecular complexity index is 1040. The van der Waals surface area contributed by atoms with Crippen LogP contribution in [-0.2, 0) is 11.8 Å². The lowest BCUT2D eigenvalue weighted by Gasteiger charge is -2.14. The second-order valence-electron chi connectivity index (χ2n) is 8.01. The molecule has 7 heteroatoms. The van der Waals surface area contributed by atoms with Gasteiger partial charge in [-0.1, -0.05) is 33.8 Å². The van der Waals surface area contributed by atoms with Gasteiger partial charge in [-0.2, -0.15) is 5.10 Å². The molecule has 0 bridgehead atoms. The quantitative estimate of drug-likeness (QED) is 0.582. The largest absolute Gasteiger partial charge is 0.497 e. The zero-order chi connectivity index (χ0) is 21.9. The molecule has 0 unspecified atom stereocenters. The van der Waals surface area contributed by atoms with Crippen molar-refractivity contribution in [1.29, 1.82) is 0 Å². The van der Waals surface area contributed by atoms with Gasteiger partial charge in [-0.3, -0.25) is 5.32 Å². The summed E-state index contributed by atoms with van der Waals surface area (Å²) in [5.41, 5.74) is 2.39. The third-order valence-electron chi connectivity index (χ3n) is 4.73. The fourth-order valence-corrected chi connectivity index (χ4v) is 2.95. The third kappa shape index (κ3) is 4.79. The molecule has 0 aliphatic heterocycles. The number of hydrogen-bond acceptors (Lipinski definition) is 3. The summed E-state index contributed by atoms with van der Waals surface area (Å²) in [5, 5.41) is 10.2. The van der Waals surface area contributed by atoms with Crippen LogP contribution in [0.25, 0.3) is 5.69 Å². The number of urea groups is 1. The molecular weight excluding hydrogens is 383 g/mol. The number of methoxy groups -OCH3 is 1. The second-order valence-corrected chi connectivity index (χ2v) is 8.01. The van der Waals surface area contributed by atoms with Gasteiger partial charge in [0, 0.05) is 17.2 Å². The van der Waals surface area contributed by atoms with Crippen LogP contribution in [0.1, 0.15) is 39.0 Å². The Labute approximate surface area is 176 Å². The molecule has 158 valence electrons. The van der Waals surface area contributed by atoms with Crippen LogP contribution in [0, 0.1) is 5.82 Å². The summed E-state index contributed by atoms with van der Waals surface area (Å²) in [6, 6.07) is 13.4. The topological polar surface area (TPSA) is 68.2 Å². The van der Waals surface area contributed by atoms with E-state index >= 15 is 0 Å². The highest BCUT2D eigenvalue weighted by Crippen LogP contribution is 2.27. The molecule has 30 heavy (non-hydrogen) atoms. The molecular formula is C23H27FN4O2. The molecule has 1 aromatic heterocycles. The Morgan fingerprint density at radius 2 is 1.80 bits per heavy atom. The van der Waals surface area contributed by atoms with Crippen molar-refractivity contribution in [3.63, 3.8) is 0 Å². The maximum atomic E-state index is 14.0. The molecule has 6 nitrogen and oxygen atoms in total. The highest BCUT2D eigenvalue weighted by atomic mass is 19.1. The average Bonchev–Trinajstić information content (AvgIpc) is 3.12. The van der Waals surface area contributed by atoms with Crippen LogP contribution in [0.2, 0.25) is 0 Å². The van der Waals surface area contributed by atoms with E-state index in [1.807, 2.05) is 37.3 Å². The number of benzene rings is 2. The summed E-state index contributed by atoms with van der Waals surface area (Å²) in [5.74, 6) is 0.897. The molecule has 0 radical (unpaired) electrons. The van der Waals surface area contributed by atoms with Crippen molar-refractivity contribution in [3.8, 4) is 11.4 Å². The van der Waals surface area contributed by atoms with Crippen LogP contribution in [0.15, 0.2) is 48.5 Å². The summed E-state index contributed by atoms with van der Waals surface area (Å²) in [6.07, 6.45) is 0.592. The monoisotopic (exact) mass is 410 g/mol. The minimum absolute atomic E-state index is 0.205. The van der Waals surface area contributed by atoms with Gasteiger partial charge < -0.3 is 10.1 Å². The van der Waals surface area contributed by atoms with Gasteiger partial charge in [0.05, 0.1) is 18.5 Å². The van der Waals surface area contributed by atoms with E-state index in [1.165, 1.54) is 6.07 Å². The molecule has 0 spiro atoms. The summed E-state index contributed by atoms with van der Waals surface area (Å²) in [7, 11) is 1.60. The predicted octanol–water partition coefficient (Wildman–Crippen LogP) is 5.52. The number of carbonyl (C=O) groups is 1. The minimum atomic E-state index is -0.478. The molecule has 2 amide bonds. The van der Waals surface area contributed by atoms with Crippen molar-refractivity contribution in [3.05, 3.63) is 65.6 Å². The zero-order valence-electron chi connectivity index (χ0n) is 17.9. The fraction of sp³-hybridized carbons (Fsp3) is 0.304. The lowest BCUT2D eigenvalue weighted by atomic mass is 9.92. The van der Waals surface area contributed by atoms with Crippen molar-refractivity contribution in [2.45, 2.75) is 39.5 Å². The van der Waals surface area contributed by atoms with E-state index in [9.17, 15) is 9.18 Å². The fourth-order valence-electron chi connectivity index (χ4n) is 2.95. The molecule has 2 aromatic carbocycles. The number of amides is 2. The lowest BCUT2D eigenvalue weighted by Crippen LogP contribution is -2.21. The number of aryl methyl sites for hydroxylation is 1. The van der Waals surface area contributed by atoms with Crippen molar-refractivity contribution in [2.24, 2.45) is 0 Å². The van der Waals surface area contributed by atoms with E-state index in [0.29, 0.717) is 23.5 Å². The molecule has 3 aromatic rings. The number of anilines is 2. The lowest BCUT2D eigenvalue weighted by molar-refractivity contribution is 0.262. The maximum absolute atomic E-state index is 14.0. The van der Waals surface area contributed by atoms with Crippen molar-refractivity contribution in [1.82, 2.24) is 9.78 Å². The predicted molar refractivity (Wildman–Crippen MR) is 117 cm³/mol. The molecule has 0 aliphatic carbocycles. The number of hydrogen-bond donors (Lipinski definition) is 2. The highest BCUT2D eigenvalue weighted by Gasteiger charge is 2.21. The Morgan fingerprint density at radius 1 is 1.10 bits per heavy atom. The molecule has 0 fully saturated rings. The molecule has 1 heterocycles. The number of nitrogens with zero attached hydrogens (tertiary/aromatic N) is 2. The van der Waals surface area contributed by atoms with Crippen LogP contribution in [0.4, 0.5) is 20.7 Å². The number of carbonyl (C=O) groups excluding carboxylic acids is 1. The first-order chi connectivity index (χ1) is 14.2. The Morgan fingerprint density at radius 3 is 2.37 bits per heavy atom. The second kappa shape index (κ2) is 8.57. The number of halogens is 1. The molecule has 0 saturated carbocycles. The van der Waals surface area contributed by atoms with Gasteiger partial charge in [-0.05, 0) is 48.4 Å². The van der Waals surface area contributed by atoms with Gasteiger partial charge >= 0.3 is 6.03 Å². The first-order valence-electron chi connectivity index (χ1n) is 9.82. The van der Waals surface area contributed by atoms with Crippen molar-refractivity contribution in [2.75, 3.05) is 17.7 Å². The van der Waals surface area contributed by atoms with Crippen LogP contribution >= 0.6 is 0 Å². The van der Waals surface area contributed by atoms with Crippen LogP contribution in [-0.4, -0.2) is 22.9 Å². The summed E-state index contributed by atoms with van der Waals surface area (Å²) in [6.45, 7) is 8.03. The number of rotatable bonds is 5. The van der Waals surface area contributed by atoms with Crippen LogP contribution in [0.3, 0.4) is 0 Å². The van der Waals surface area contributed by atoms with E-state index in [-0.39, 0.29) is 11.2 Å². The van der Waals surface area contributed by atoms with Gasteiger partial charge in [0.15, 0.2) is 0 Å². The van der Waals surface area contributed by atoms with Gasteiger partial charge in [-0.15, -0.1) is 0 Å². The van der Waals surface area contributed by atoms with Crippen molar-refractivity contribution >= 4 is 17.5 Å². The van der Waals surface area contributed by atoms with Gasteiger partial charge in [0.2, 0.25) is 0 Å². The SMILES string of the molecule is CCc1ccc(NC(=O)Nc2cc(C(C)(C)C)nn2-c2ccc(OC)cc2)cc1F. The average molecular weight is 410 g/mol. The Hall–Kier alpha value is -3.35. The Kier molecular flexibility index (Phi) is 6.10. The maximum Gasteiger partial charge on any atom is 0.324 e. The van der Waals surface area contributed by atoms with E-state index in [2.05, 4.69) is 36.5 Å². The van der Waals surface area contributed by atoms with Gasteiger partial charge in [-0.25, -0.2) is 13.9 Å². The van der Waals surface area contributed by atoms with Gasteiger partial charge in [0.25, 0.3) is 0 Å². The molecule has 0 atom stereocenters. The van der Waals surface area contributed by atoms with E-state index in [0.717, 1.165) is 17.1 Å². The highest BCUT2D eigenvalue weighted by molar-refractivity contribution is 5.99. The molecule has 0 aliphatic rings. The molecule has 2 N–H and O–H groups in total. The van der Waals surface area contributed by atoms with E-state index < -0.39 is 6.03 Å². The normalized spacial score (nSPS) is 11.3. The minimum Gasteiger partial charge on any atom is -0.497 e. The zero-order valence-corrected chi connectivity index (χ0v) is 17.9. The Balaban J connectivity index is 1.87. The van der Waals surface area contributed by atoms with Crippen molar-refractivity contribution < 1.29 is 13.9 Å². The molecule has 3 rings (SSSR count). The third-order valence-corrected chi connectivity index (χ3v) is 4.73. The van der Waals surface area contributed by atoms with Crippen LogP contribution in [0.5, 0.6) is 5.75 Å². The number of nitrogens with one attached hydrogen (secondary N) is 2. The van der Waals surface area contributed by atoms with Crippen LogP contribution < -0.4 is 15.4 Å².